The van der Waals surface area contributed by atoms with Gasteiger partial charge in [-0.05, 0) is 38.0 Å². The Kier molecular flexibility index (Phi) is 7.09. The molecular formula is C26H32N6O5. The average molecular weight is 509 g/mol. The summed E-state index contributed by atoms with van der Waals surface area (Å²) in [4.78, 5) is 27.3. The molecule has 2 bridgehead atoms. The van der Waals surface area contributed by atoms with Gasteiger partial charge in [0.15, 0.2) is 11.5 Å². The summed E-state index contributed by atoms with van der Waals surface area (Å²) in [6.07, 6.45) is 0.572. The number of nitrogens with two attached hydrogens (primary N) is 1. The van der Waals surface area contributed by atoms with Gasteiger partial charge in [0, 0.05) is 0 Å². The zero-order valence-electron chi connectivity index (χ0n) is 21.0. The number of benzene rings is 1. The van der Waals surface area contributed by atoms with Gasteiger partial charge in [-0.1, -0.05) is 36.4 Å². The van der Waals surface area contributed by atoms with Crippen LogP contribution in [0.25, 0.3) is 5.65 Å². The quantitative estimate of drug-likeness (QED) is 0.448. The van der Waals surface area contributed by atoms with E-state index in [-0.39, 0.29) is 37.4 Å². The minimum absolute atomic E-state index is 0.0177. The molecule has 3 N–H and O–H groups in total. The van der Waals surface area contributed by atoms with Crippen molar-refractivity contribution in [3.63, 3.8) is 0 Å². The molecule has 5 rings (SSSR count). The first-order valence-corrected chi connectivity index (χ1v) is 12.4. The van der Waals surface area contributed by atoms with Gasteiger partial charge < -0.3 is 30.2 Å². The number of nitrogens with zero attached hydrogens (tertiary/aromatic N) is 4. The second-order valence-electron chi connectivity index (χ2n) is 10.1. The van der Waals surface area contributed by atoms with E-state index in [2.05, 4.69) is 15.5 Å². The molecule has 3 atom stereocenters. The molecule has 11 heteroatoms. The Balaban J connectivity index is 1.35. The zero-order valence-corrected chi connectivity index (χ0v) is 21.0. The van der Waals surface area contributed by atoms with Crippen molar-refractivity contribution in [2.75, 3.05) is 19.8 Å². The third kappa shape index (κ3) is 5.58. The lowest BCUT2D eigenvalue weighted by atomic mass is 10.1. The molecule has 0 saturated carbocycles. The van der Waals surface area contributed by atoms with Crippen molar-refractivity contribution >= 4 is 17.6 Å². The van der Waals surface area contributed by atoms with E-state index >= 15 is 0 Å². The highest BCUT2D eigenvalue weighted by molar-refractivity contribution is 5.85. The van der Waals surface area contributed by atoms with Crippen molar-refractivity contribution in [1.29, 1.82) is 0 Å². The first-order valence-electron chi connectivity index (χ1n) is 12.4. The van der Waals surface area contributed by atoms with Gasteiger partial charge in [-0.3, -0.25) is 9.20 Å². The maximum absolute atomic E-state index is 12.8. The van der Waals surface area contributed by atoms with Crippen LogP contribution in [0.2, 0.25) is 0 Å². The largest absolute Gasteiger partial charge is 0.443 e. The number of fused-ring (bicyclic) bond motifs is 3. The van der Waals surface area contributed by atoms with E-state index in [1.54, 1.807) is 29.2 Å². The summed E-state index contributed by atoms with van der Waals surface area (Å²) in [5.74, 6) is 0.105. The molecule has 2 saturated heterocycles. The van der Waals surface area contributed by atoms with E-state index < -0.39 is 11.6 Å². The van der Waals surface area contributed by atoms with Gasteiger partial charge in [-0.25, -0.2) is 4.79 Å². The minimum atomic E-state index is -1.10. The molecule has 11 nitrogen and oxygen atoms in total. The smallest absolute Gasteiger partial charge is 0.410 e. The van der Waals surface area contributed by atoms with Crippen molar-refractivity contribution < 1.29 is 23.8 Å². The summed E-state index contributed by atoms with van der Waals surface area (Å²) in [6, 6.07) is 14.6. The number of carbonyl (C=O) groups excluding carboxylic acids is 2. The molecule has 2 aromatic heterocycles. The number of amides is 2. The van der Waals surface area contributed by atoms with Gasteiger partial charge in [-0.2, -0.15) is 0 Å². The lowest BCUT2D eigenvalue weighted by Gasteiger charge is -2.26. The van der Waals surface area contributed by atoms with Crippen LogP contribution in [0.5, 0.6) is 0 Å². The molecule has 0 spiro atoms. The number of hydrogen-bond donors (Lipinski definition) is 2. The van der Waals surface area contributed by atoms with Gasteiger partial charge in [0.2, 0.25) is 5.91 Å². The number of morpholine rings is 1. The van der Waals surface area contributed by atoms with Crippen molar-refractivity contribution in [3.8, 4) is 0 Å². The first-order chi connectivity index (χ1) is 17.8. The summed E-state index contributed by atoms with van der Waals surface area (Å²) in [6.45, 7) is 4.88. The Morgan fingerprint density at radius 1 is 1.16 bits per heavy atom. The molecule has 4 heterocycles. The van der Waals surface area contributed by atoms with Gasteiger partial charge in [0.25, 0.3) is 0 Å². The molecule has 0 radical (unpaired) electrons. The Hall–Kier alpha value is -3.54. The number of hydrogen-bond acceptors (Lipinski definition) is 8. The predicted molar refractivity (Wildman–Crippen MR) is 133 cm³/mol. The van der Waals surface area contributed by atoms with E-state index in [1.807, 2.05) is 42.5 Å². The Labute approximate surface area is 214 Å². The van der Waals surface area contributed by atoms with Gasteiger partial charge in [0.05, 0.1) is 49.7 Å². The summed E-state index contributed by atoms with van der Waals surface area (Å²) >= 11 is 0. The van der Waals surface area contributed by atoms with Gasteiger partial charge in [0.1, 0.15) is 12.6 Å². The van der Waals surface area contributed by atoms with Crippen molar-refractivity contribution in [1.82, 2.24) is 24.8 Å². The van der Waals surface area contributed by atoms with Crippen LogP contribution in [0, 0.1) is 0 Å². The Morgan fingerprint density at radius 2 is 1.97 bits per heavy atom. The molecule has 1 aromatic carbocycles. The van der Waals surface area contributed by atoms with E-state index in [4.69, 9.17) is 19.9 Å². The van der Waals surface area contributed by atoms with Crippen molar-refractivity contribution in [3.05, 3.63) is 65.6 Å². The highest BCUT2D eigenvalue weighted by Crippen LogP contribution is 2.28. The summed E-state index contributed by atoms with van der Waals surface area (Å²) in [7, 11) is 0. The van der Waals surface area contributed by atoms with Crippen molar-refractivity contribution in [2.24, 2.45) is 5.73 Å². The number of aromatic nitrogens is 3. The number of rotatable bonds is 9. The lowest BCUT2D eigenvalue weighted by molar-refractivity contribution is -0.126. The molecule has 3 aromatic rings. The van der Waals surface area contributed by atoms with Crippen LogP contribution in [0.1, 0.15) is 43.4 Å². The topological polar surface area (TPSA) is 133 Å². The summed E-state index contributed by atoms with van der Waals surface area (Å²) in [5, 5.41) is 11.6. The first kappa shape index (κ1) is 25.1. The van der Waals surface area contributed by atoms with E-state index in [1.165, 1.54) is 0 Å². The summed E-state index contributed by atoms with van der Waals surface area (Å²) in [5.41, 5.74) is 7.18. The molecule has 2 aliphatic rings. The van der Waals surface area contributed by atoms with Crippen LogP contribution in [0.4, 0.5) is 4.79 Å². The van der Waals surface area contributed by atoms with Gasteiger partial charge in [-0.15, -0.1) is 10.2 Å². The molecule has 37 heavy (non-hydrogen) atoms. The van der Waals surface area contributed by atoms with E-state index in [0.717, 1.165) is 12.0 Å². The molecule has 2 fully saturated rings. The summed E-state index contributed by atoms with van der Waals surface area (Å²) < 4.78 is 19.0. The van der Waals surface area contributed by atoms with E-state index in [9.17, 15) is 9.59 Å². The third-order valence-corrected chi connectivity index (χ3v) is 6.61. The molecule has 0 aliphatic carbocycles. The molecular weight excluding hydrogens is 476 g/mol. The number of pyridine rings is 1. The van der Waals surface area contributed by atoms with E-state index in [0.29, 0.717) is 36.9 Å². The zero-order chi connectivity index (χ0) is 26.0. The minimum Gasteiger partial charge on any atom is -0.443 e. The Bertz CT molecular complexity index is 1260. The maximum atomic E-state index is 12.8. The van der Waals surface area contributed by atoms with Crippen LogP contribution >= 0.6 is 0 Å². The van der Waals surface area contributed by atoms with Gasteiger partial charge >= 0.3 is 6.09 Å². The van der Waals surface area contributed by atoms with Crippen LogP contribution in [-0.4, -0.2) is 68.9 Å². The van der Waals surface area contributed by atoms with Crippen LogP contribution in [-0.2, 0) is 32.2 Å². The molecule has 2 unspecified atom stereocenters. The normalized spacial score (nSPS) is 19.8. The van der Waals surface area contributed by atoms with Crippen LogP contribution in [0.3, 0.4) is 0 Å². The highest BCUT2D eigenvalue weighted by atomic mass is 16.6. The maximum Gasteiger partial charge on any atom is 0.410 e. The fourth-order valence-electron chi connectivity index (χ4n) is 4.61. The fourth-order valence-corrected chi connectivity index (χ4v) is 4.61. The van der Waals surface area contributed by atoms with Crippen molar-refractivity contribution in [2.45, 2.75) is 57.2 Å². The highest BCUT2D eigenvalue weighted by Gasteiger charge is 2.42. The standard InChI is InChI=1S/C26H32N6O5/c1-26(2,27)24(33)28-21(16-35-13-17-7-4-3-5-8-17)23-30-29-22-10-6-9-18(32(22)23)14-37-25(34)31-12-20-11-19(31)15-36-20/h3-10,19-21H,11-16,27H2,1-2H3,(H,28,33)/t19?,20?,21-/m1/s1. The fraction of sp³-hybridized carbons (Fsp3) is 0.462. The third-order valence-electron chi connectivity index (χ3n) is 6.61. The monoisotopic (exact) mass is 508 g/mol. The average Bonchev–Trinajstić information content (AvgIpc) is 3.63. The lowest BCUT2D eigenvalue weighted by Crippen LogP contribution is -2.51. The number of ether oxygens (including phenoxy) is 3. The second-order valence-corrected chi connectivity index (χ2v) is 10.1. The number of likely N-dealkylation sites (tertiary alicyclic amines) is 1. The Morgan fingerprint density at radius 3 is 2.68 bits per heavy atom. The molecule has 196 valence electrons. The molecule has 2 aliphatic heterocycles. The predicted octanol–water partition coefficient (Wildman–Crippen LogP) is 1.95. The second kappa shape index (κ2) is 10.4. The SMILES string of the molecule is CC(C)(N)C(=O)N[C@H](COCc1ccccc1)c1nnc2cccc(COC(=O)N3CC4CC3CO4)n12. The number of carbonyl (C=O) groups is 2. The number of nitrogens with one attached hydrogen (secondary N) is 1. The molecule has 2 amide bonds. The van der Waals surface area contributed by atoms with Crippen LogP contribution in [0.15, 0.2) is 48.5 Å². The van der Waals surface area contributed by atoms with Crippen LogP contribution < -0.4 is 11.1 Å².